The molecule has 1 heterocycles. The Balaban J connectivity index is 0.00000341. The normalized spacial score (nSPS) is 19.9. The van der Waals surface area contributed by atoms with Gasteiger partial charge in [0, 0.05) is 40.8 Å². The first kappa shape index (κ1) is 25.7. The average Bonchev–Trinajstić information content (AvgIpc) is 3.31. The van der Waals surface area contributed by atoms with Gasteiger partial charge in [0.1, 0.15) is 11.5 Å². The first-order valence-electron chi connectivity index (χ1n) is 10.7. The maximum absolute atomic E-state index is 12.3. The number of rotatable bonds is 9. The molecule has 2 aromatic rings. The zero-order valence-electron chi connectivity index (χ0n) is 18.3. The molecule has 6 nitrogen and oxygen atoms in total. The second-order valence-corrected chi connectivity index (χ2v) is 9.57. The van der Waals surface area contributed by atoms with Gasteiger partial charge in [-0.15, -0.1) is 24.0 Å². The quantitative estimate of drug-likeness (QED) is 0.273. The van der Waals surface area contributed by atoms with Crippen molar-refractivity contribution in [2.45, 2.75) is 56.9 Å². The molecule has 3 rings (SSSR count). The number of nitrogens with zero attached hydrogens (tertiary/aromatic N) is 1. The minimum Gasteiger partial charge on any atom is -0.497 e. The molecule has 0 spiro atoms. The van der Waals surface area contributed by atoms with Gasteiger partial charge in [0.25, 0.3) is 0 Å². The highest BCUT2D eigenvalue weighted by atomic mass is 127. The highest BCUT2D eigenvalue weighted by Gasteiger charge is 2.26. The summed E-state index contributed by atoms with van der Waals surface area (Å²) in [6.45, 7) is 3.32. The Morgan fingerprint density at radius 1 is 1.26 bits per heavy atom. The van der Waals surface area contributed by atoms with Crippen LogP contribution in [0.5, 0.6) is 5.75 Å². The van der Waals surface area contributed by atoms with Crippen LogP contribution in [-0.2, 0) is 23.8 Å². The molecule has 0 aliphatic heterocycles. The predicted molar refractivity (Wildman–Crippen MR) is 138 cm³/mol. The van der Waals surface area contributed by atoms with E-state index in [-0.39, 0.29) is 29.2 Å². The summed E-state index contributed by atoms with van der Waals surface area (Å²) in [5, 5.41) is 7.31. The molecule has 0 bridgehead atoms. The van der Waals surface area contributed by atoms with Gasteiger partial charge >= 0.3 is 0 Å². The molecule has 1 aromatic heterocycles. The van der Waals surface area contributed by atoms with Crippen molar-refractivity contribution >= 4 is 40.7 Å². The summed E-state index contributed by atoms with van der Waals surface area (Å²) in [5.74, 6) is 3.32. The van der Waals surface area contributed by atoms with Crippen molar-refractivity contribution in [3.8, 4) is 5.75 Å². The highest BCUT2D eigenvalue weighted by molar-refractivity contribution is 14.0. The number of halogens is 1. The van der Waals surface area contributed by atoms with Gasteiger partial charge in [0.2, 0.25) is 0 Å². The standard InChI is InChI=1S/C23H33N3O3S.HI/c1-3-30(27)22-8-4-6-19(16-22)26-23(24-14-13-21-7-5-15-29-21)25-17-18-9-11-20(28-2)12-10-18;/h5,7,9-12,15,19,22H,3-4,6,8,13-14,16-17H2,1-2H3,(H2,24,25,26);1H. The molecule has 0 saturated heterocycles. The van der Waals surface area contributed by atoms with Gasteiger partial charge in [-0.3, -0.25) is 4.21 Å². The van der Waals surface area contributed by atoms with E-state index in [0.717, 1.165) is 67.4 Å². The fraction of sp³-hybridized carbons (Fsp3) is 0.522. The SMILES string of the molecule is CCS(=O)C1CCCC(NC(=NCc2ccc(OC)cc2)NCCc2ccco2)C1.I. The van der Waals surface area contributed by atoms with E-state index in [1.807, 2.05) is 43.3 Å². The zero-order valence-corrected chi connectivity index (χ0v) is 21.5. The third kappa shape index (κ3) is 8.48. The Labute approximate surface area is 205 Å². The lowest BCUT2D eigenvalue weighted by atomic mass is 9.95. The Morgan fingerprint density at radius 2 is 2.06 bits per heavy atom. The van der Waals surface area contributed by atoms with Crippen molar-refractivity contribution in [1.82, 2.24) is 10.6 Å². The molecule has 3 unspecified atom stereocenters. The number of furan rings is 1. The van der Waals surface area contributed by atoms with Gasteiger partial charge in [-0.2, -0.15) is 0 Å². The largest absolute Gasteiger partial charge is 0.497 e. The van der Waals surface area contributed by atoms with Crippen LogP contribution >= 0.6 is 24.0 Å². The fourth-order valence-electron chi connectivity index (χ4n) is 3.76. The van der Waals surface area contributed by atoms with E-state index in [1.165, 1.54) is 0 Å². The molecule has 172 valence electrons. The molecule has 1 saturated carbocycles. The van der Waals surface area contributed by atoms with Gasteiger partial charge in [-0.25, -0.2) is 4.99 Å². The molecular weight excluding hydrogens is 525 g/mol. The van der Waals surface area contributed by atoms with Crippen LogP contribution in [0.1, 0.15) is 43.9 Å². The van der Waals surface area contributed by atoms with Crippen LogP contribution in [0.3, 0.4) is 0 Å². The van der Waals surface area contributed by atoms with E-state index in [1.54, 1.807) is 13.4 Å². The first-order chi connectivity index (χ1) is 14.7. The predicted octanol–water partition coefficient (Wildman–Crippen LogP) is 4.26. The van der Waals surface area contributed by atoms with Gasteiger partial charge in [0.15, 0.2) is 5.96 Å². The Bertz CT molecular complexity index is 812. The van der Waals surface area contributed by atoms with Crippen molar-refractivity contribution in [2.75, 3.05) is 19.4 Å². The third-order valence-corrected chi connectivity index (χ3v) is 7.19. The number of ether oxygens (including phenoxy) is 1. The molecule has 0 radical (unpaired) electrons. The van der Waals surface area contributed by atoms with E-state index in [9.17, 15) is 4.21 Å². The number of hydrogen-bond acceptors (Lipinski definition) is 4. The lowest BCUT2D eigenvalue weighted by molar-refractivity contribution is 0.413. The zero-order chi connectivity index (χ0) is 21.2. The van der Waals surface area contributed by atoms with Gasteiger partial charge in [0.05, 0.1) is 19.9 Å². The summed E-state index contributed by atoms with van der Waals surface area (Å²) in [5.41, 5.74) is 1.12. The maximum atomic E-state index is 12.3. The van der Waals surface area contributed by atoms with Gasteiger partial charge < -0.3 is 19.8 Å². The lowest BCUT2D eigenvalue weighted by Gasteiger charge is -2.30. The summed E-state index contributed by atoms with van der Waals surface area (Å²) in [4.78, 5) is 4.80. The Hall–Kier alpha value is -1.55. The minimum absolute atomic E-state index is 0. The van der Waals surface area contributed by atoms with E-state index in [0.29, 0.717) is 12.6 Å². The number of nitrogens with one attached hydrogen (secondary N) is 2. The summed E-state index contributed by atoms with van der Waals surface area (Å²) in [6.07, 6.45) is 6.67. The van der Waals surface area contributed by atoms with Crippen LogP contribution in [0, 0.1) is 0 Å². The van der Waals surface area contributed by atoms with Crippen LogP contribution in [-0.4, -0.2) is 40.9 Å². The van der Waals surface area contributed by atoms with Crippen LogP contribution in [0.4, 0.5) is 0 Å². The number of methoxy groups -OCH3 is 1. The monoisotopic (exact) mass is 559 g/mol. The van der Waals surface area contributed by atoms with E-state index >= 15 is 0 Å². The second kappa shape index (κ2) is 13.8. The van der Waals surface area contributed by atoms with Crippen LogP contribution in [0.25, 0.3) is 0 Å². The van der Waals surface area contributed by atoms with Crippen molar-refractivity contribution in [3.05, 3.63) is 54.0 Å². The van der Waals surface area contributed by atoms with Crippen LogP contribution in [0.15, 0.2) is 52.1 Å². The molecule has 1 aliphatic rings. The fourth-order valence-corrected chi connectivity index (χ4v) is 5.10. The van der Waals surface area contributed by atoms with E-state index in [4.69, 9.17) is 14.1 Å². The molecule has 1 aliphatic carbocycles. The smallest absolute Gasteiger partial charge is 0.191 e. The van der Waals surface area contributed by atoms with Crippen molar-refractivity contribution in [1.29, 1.82) is 0 Å². The van der Waals surface area contributed by atoms with Crippen molar-refractivity contribution in [2.24, 2.45) is 4.99 Å². The average molecular weight is 560 g/mol. The third-order valence-electron chi connectivity index (χ3n) is 5.45. The first-order valence-corrected chi connectivity index (χ1v) is 12.1. The van der Waals surface area contributed by atoms with Crippen LogP contribution < -0.4 is 15.4 Å². The Morgan fingerprint density at radius 3 is 2.74 bits per heavy atom. The Kier molecular flexibility index (Phi) is 11.4. The van der Waals surface area contributed by atoms with E-state index in [2.05, 4.69) is 10.6 Å². The van der Waals surface area contributed by atoms with Crippen LogP contribution in [0.2, 0.25) is 0 Å². The lowest BCUT2D eigenvalue weighted by Crippen LogP contribution is -2.47. The van der Waals surface area contributed by atoms with Gasteiger partial charge in [-0.1, -0.05) is 25.5 Å². The number of aliphatic imine (C=N–C) groups is 1. The maximum Gasteiger partial charge on any atom is 0.191 e. The topological polar surface area (TPSA) is 75.9 Å². The molecule has 3 atom stereocenters. The molecule has 31 heavy (non-hydrogen) atoms. The van der Waals surface area contributed by atoms with Crippen molar-refractivity contribution in [3.63, 3.8) is 0 Å². The van der Waals surface area contributed by atoms with Crippen molar-refractivity contribution < 1.29 is 13.4 Å². The summed E-state index contributed by atoms with van der Waals surface area (Å²) >= 11 is 0. The highest BCUT2D eigenvalue weighted by Crippen LogP contribution is 2.23. The molecule has 1 aromatic carbocycles. The molecular formula is C23H34IN3O3S. The summed E-state index contributed by atoms with van der Waals surface area (Å²) in [6, 6.07) is 12.2. The minimum atomic E-state index is -0.736. The number of guanidine groups is 1. The number of hydrogen-bond donors (Lipinski definition) is 2. The molecule has 1 fully saturated rings. The number of benzene rings is 1. The summed E-state index contributed by atoms with van der Waals surface area (Å²) < 4.78 is 22.9. The van der Waals surface area contributed by atoms with E-state index < -0.39 is 10.8 Å². The van der Waals surface area contributed by atoms with Gasteiger partial charge in [-0.05, 0) is 49.1 Å². The molecule has 2 N–H and O–H groups in total. The summed E-state index contributed by atoms with van der Waals surface area (Å²) in [7, 11) is 0.932. The second-order valence-electron chi connectivity index (χ2n) is 7.57. The molecule has 8 heteroatoms. The molecule has 0 amide bonds.